The minimum atomic E-state index is -0.486. The van der Waals surface area contributed by atoms with E-state index < -0.39 is 5.25 Å². The van der Waals surface area contributed by atoms with Crippen LogP contribution in [0.15, 0.2) is 76.7 Å². The van der Waals surface area contributed by atoms with E-state index >= 15 is 0 Å². The summed E-state index contributed by atoms with van der Waals surface area (Å²) in [5.41, 5.74) is 3.11. The van der Waals surface area contributed by atoms with Crippen molar-refractivity contribution in [3.05, 3.63) is 88.2 Å². The molecule has 0 aliphatic rings. The number of nitrogens with zero attached hydrogens (tertiary/aromatic N) is 2. The van der Waals surface area contributed by atoms with Gasteiger partial charge in [-0.2, -0.15) is 0 Å². The monoisotopic (exact) mass is 489 g/mol. The van der Waals surface area contributed by atoms with Crippen molar-refractivity contribution < 1.29 is 14.3 Å². The Balaban J connectivity index is 1.67. The molecule has 3 aromatic carbocycles. The average molecular weight is 490 g/mol. The first-order valence-electron chi connectivity index (χ1n) is 11.2. The minimum absolute atomic E-state index is 0.142. The molecule has 0 fully saturated rings. The summed E-state index contributed by atoms with van der Waals surface area (Å²) in [6.45, 7) is 4.25. The maximum Gasteiger partial charge on any atom is 0.266 e. The lowest BCUT2D eigenvalue weighted by Gasteiger charge is -2.17. The molecule has 8 heteroatoms. The van der Waals surface area contributed by atoms with Crippen LogP contribution in [0, 0.1) is 6.92 Å². The van der Waals surface area contributed by atoms with E-state index in [1.807, 2.05) is 37.3 Å². The van der Waals surface area contributed by atoms with Crippen LogP contribution in [-0.2, 0) is 11.3 Å². The van der Waals surface area contributed by atoms with Gasteiger partial charge in [0.1, 0.15) is 0 Å². The summed E-state index contributed by atoms with van der Waals surface area (Å²) in [6, 6.07) is 20.4. The number of aryl methyl sites for hydroxylation is 1. The Bertz CT molecular complexity index is 1420. The second-order valence-corrected chi connectivity index (χ2v) is 9.36. The zero-order valence-electron chi connectivity index (χ0n) is 20.1. The van der Waals surface area contributed by atoms with E-state index in [1.54, 1.807) is 57.5 Å². The maximum atomic E-state index is 13.5. The number of amides is 1. The Hall–Kier alpha value is -3.78. The first-order valence-corrected chi connectivity index (χ1v) is 12.0. The summed E-state index contributed by atoms with van der Waals surface area (Å²) in [5.74, 6) is 0.901. The van der Waals surface area contributed by atoms with Gasteiger partial charge >= 0.3 is 0 Å². The number of nitrogens with one attached hydrogen (secondary N) is 1. The minimum Gasteiger partial charge on any atom is -0.493 e. The molecule has 0 saturated carbocycles. The fourth-order valence-corrected chi connectivity index (χ4v) is 4.58. The summed E-state index contributed by atoms with van der Waals surface area (Å²) >= 11 is 1.23. The van der Waals surface area contributed by atoms with Gasteiger partial charge in [-0.25, -0.2) is 4.98 Å². The van der Waals surface area contributed by atoms with Crippen LogP contribution in [0.4, 0.5) is 0 Å². The zero-order chi connectivity index (χ0) is 24.9. The third-order valence-electron chi connectivity index (χ3n) is 5.61. The third-order valence-corrected chi connectivity index (χ3v) is 6.66. The third kappa shape index (κ3) is 5.33. The largest absolute Gasteiger partial charge is 0.493 e. The number of ether oxygens (including phenoxy) is 2. The Kier molecular flexibility index (Phi) is 7.41. The number of carbonyl (C=O) groups is 1. The molecule has 180 valence electrons. The quantitative estimate of drug-likeness (QED) is 0.290. The van der Waals surface area contributed by atoms with E-state index in [0.717, 1.165) is 5.56 Å². The van der Waals surface area contributed by atoms with Gasteiger partial charge in [0.2, 0.25) is 5.91 Å². The highest BCUT2D eigenvalue weighted by molar-refractivity contribution is 8.00. The number of hydrogen-bond donors (Lipinski definition) is 1. The van der Waals surface area contributed by atoms with E-state index in [1.165, 1.54) is 21.9 Å². The van der Waals surface area contributed by atoms with Gasteiger partial charge < -0.3 is 14.8 Å². The molecule has 1 N–H and O–H groups in total. The van der Waals surface area contributed by atoms with Crippen LogP contribution in [0.2, 0.25) is 0 Å². The number of rotatable bonds is 8. The van der Waals surface area contributed by atoms with Crippen molar-refractivity contribution in [1.29, 1.82) is 0 Å². The van der Waals surface area contributed by atoms with Crippen LogP contribution in [0.3, 0.4) is 0 Å². The summed E-state index contributed by atoms with van der Waals surface area (Å²) < 4.78 is 12.3. The summed E-state index contributed by atoms with van der Waals surface area (Å²) in [7, 11) is 3.10. The fourth-order valence-electron chi connectivity index (χ4n) is 3.63. The van der Waals surface area contributed by atoms with Crippen LogP contribution in [0.25, 0.3) is 16.6 Å². The summed E-state index contributed by atoms with van der Waals surface area (Å²) in [5, 5.41) is 3.39. The van der Waals surface area contributed by atoms with Crippen LogP contribution in [0.1, 0.15) is 18.1 Å². The average Bonchev–Trinajstić information content (AvgIpc) is 2.88. The van der Waals surface area contributed by atoms with Crippen LogP contribution in [0.5, 0.6) is 11.5 Å². The molecule has 4 aromatic rings. The van der Waals surface area contributed by atoms with Crippen molar-refractivity contribution in [2.75, 3.05) is 14.2 Å². The first kappa shape index (κ1) is 24.3. The van der Waals surface area contributed by atoms with Gasteiger partial charge in [0.15, 0.2) is 16.7 Å². The predicted molar refractivity (Wildman–Crippen MR) is 139 cm³/mol. The van der Waals surface area contributed by atoms with Crippen LogP contribution < -0.4 is 20.3 Å². The van der Waals surface area contributed by atoms with Gasteiger partial charge in [-0.3, -0.25) is 14.2 Å². The first-order chi connectivity index (χ1) is 16.9. The molecule has 4 rings (SSSR count). The second kappa shape index (κ2) is 10.7. The highest BCUT2D eigenvalue weighted by Crippen LogP contribution is 2.31. The summed E-state index contributed by atoms with van der Waals surface area (Å²) in [6.07, 6.45) is 0. The SMILES string of the molecule is COc1ccc(-n2c(SC(C)C(=O)NCc3ccc(C)cc3)nc3ccccc3c2=O)cc1OC. The molecule has 1 unspecified atom stereocenters. The number of carbonyl (C=O) groups excluding carboxylic acids is 1. The van der Waals surface area contributed by atoms with E-state index in [2.05, 4.69) is 5.32 Å². The molecule has 1 atom stereocenters. The van der Waals surface area contributed by atoms with Gasteiger partial charge in [-0.15, -0.1) is 0 Å². The molecular formula is C27H27N3O4S. The Morgan fingerprint density at radius 1 is 1.03 bits per heavy atom. The number of aromatic nitrogens is 2. The molecular weight excluding hydrogens is 462 g/mol. The molecule has 0 radical (unpaired) electrons. The molecule has 0 aliphatic carbocycles. The molecule has 0 aliphatic heterocycles. The summed E-state index contributed by atoms with van der Waals surface area (Å²) in [4.78, 5) is 31.1. The van der Waals surface area contributed by atoms with Gasteiger partial charge in [0, 0.05) is 12.6 Å². The molecule has 1 aromatic heterocycles. The standard InChI is InChI=1S/C27H27N3O4S/c1-17-9-11-19(12-10-17)16-28-25(31)18(2)35-27-29-22-8-6-5-7-21(22)26(32)30(27)20-13-14-23(33-3)24(15-20)34-4/h5-15,18H,16H2,1-4H3,(H,28,31). The van der Waals surface area contributed by atoms with Crippen molar-refractivity contribution in [2.45, 2.75) is 30.8 Å². The number of benzene rings is 3. The Morgan fingerprint density at radius 2 is 1.74 bits per heavy atom. The van der Waals surface area contributed by atoms with Gasteiger partial charge in [0.25, 0.3) is 5.56 Å². The van der Waals surface area contributed by atoms with Gasteiger partial charge in [-0.1, -0.05) is 53.7 Å². The van der Waals surface area contributed by atoms with Crippen LogP contribution >= 0.6 is 11.8 Å². The normalized spacial score (nSPS) is 11.8. The highest BCUT2D eigenvalue weighted by Gasteiger charge is 2.21. The van der Waals surface area contributed by atoms with Crippen molar-refractivity contribution in [3.8, 4) is 17.2 Å². The number of thioether (sulfide) groups is 1. The number of hydrogen-bond acceptors (Lipinski definition) is 6. The molecule has 0 spiro atoms. The topological polar surface area (TPSA) is 82.5 Å². The molecule has 1 amide bonds. The lowest BCUT2D eigenvalue weighted by molar-refractivity contribution is -0.120. The predicted octanol–water partition coefficient (Wildman–Crippen LogP) is 4.51. The van der Waals surface area contributed by atoms with Crippen molar-refractivity contribution in [3.63, 3.8) is 0 Å². The van der Waals surface area contributed by atoms with Crippen LogP contribution in [-0.4, -0.2) is 34.9 Å². The van der Waals surface area contributed by atoms with E-state index in [9.17, 15) is 9.59 Å². The van der Waals surface area contributed by atoms with E-state index in [-0.39, 0.29) is 11.5 Å². The van der Waals surface area contributed by atoms with Crippen molar-refractivity contribution >= 4 is 28.6 Å². The lowest BCUT2D eigenvalue weighted by atomic mass is 10.1. The van der Waals surface area contributed by atoms with Crippen molar-refractivity contribution in [1.82, 2.24) is 14.9 Å². The lowest BCUT2D eigenvalue weighted by Crippen LogP contribution is -2.31. The maximum absolute atomic E-state index is 13.5. The van der Waals surface area contributed by atoms with Gasteiger partial charge in [0.05, 0.1) is 36.1 Å². The molecule has 7 nitrogen and oxygen atoms in total. The number of fused-ring (bicyclic) bond motifs is 1. The van der Waals surface area contributed by atoms with Crippen molar-refractivity contribution in [2.24, 2.45) is 0 Å². The molecule has 0 saturated heterocycles. The molecule has 0 bridgehead atoms. The second-order valence-electron chi connectivity index (χ2n) is 8.05. The smallest absolute Gasteiger partial charge is 0.266 e. The molecule has 1 heterocycles. The van der Waals surface area contributed by atoms with E-state index in [0.29, 0.717) is 39.8 Å². The van der Waals surface area contributed by atoms with Gasteiger partial charge in [-0.05, 0) is 43.7 Å². The number of para-hydroxylation sites is 1. The highest BCUT2D eigenvalue weighted by atomic mass is 32.2. The van der Waals surface area contributed by atoms with E-state index in [4.69, 9.17) is 14.5 Å². The molecule has 35 heavy (non-hydrogen) atoms. The fraction of sp³-hybridized carbons (Fsp3) is 0.222. The Labute approximate surface area is 208 Å². The number of methoxy groups -OCH3 is 2. The zero-order valence-corrected chi connectivity index (χ0v) is 20.9. The Morgan fingerprint density at radius 3 is 2.46 bits per heavy atom.